The molecule has 0 aromatic heterocycles. The van der Waals surface area contributed by atoms with E-state index in [0.717, 1.165) is 12.8 Å². The maximum atomic E-state index is 12.1. The summed E-state index contributed by atoms with van der Waals surface area (Å²) in [5, 5.41) is 10.4. The fourth-order valence-electron chi connectivity index (χ4n) is 2.89. The van der Waals surface area contributed by atoms with Crippen molar-refractivity contribution in [3.63, 3.8) is 0 Å². The monoisotopic (exact) mass is 252 g/mol. The summed E-state index contributed by atoms with van der Waals surface area (Å²) in [7, 11) is 0. The third-order valence-corrected chi connectivity index (χ3v) is 4.08. The Morgan fingerprint density at radius 3 is 2.29 bits per heavy atom. The van der Waals surface area contributed by atoms with Crippen LogP contribution in [0, 0.1) is 11.3 Å². The molecule has 0 aromatic carbocycles. The highest BCUT2D eigenvalue weighted by molar-refractivity contribution is 4.93. The Morgan fingerprint density at radius 1 is 1.24 bits per heavy atom. The van der Waals surface area contributed by atoms with Gasteiger partial charge in [0, 0.05) is 6.42 Å². The van der Waals surface area contributed by atoms with Crippen LogP contribution in [-0.4, -0.2) is 16.9 Å². The van der Waals surface area contributed by atoms with Crippen molar-refractivity contribution >= 4 is 0 Å². The van der Waals surface area contributed by atoms with Gasteiger partial charge in [0.2, 0.25) is 0 Å². The molecule has 0 spiro atoms. The molecule has 1 aliphatic rings. The lowest BCUT2D eigenvalue weighted by atomic mass is 9.64. The van der Waals surface area contributed by atoms with Crippen molar-refractivity contribution in [2.24, 2.45) is 11.3 Å². The van der Waals surface area contributed by atoms with Crippen LogP contribution >= 0.6 is 0 Å². The van der Waals surface area contributed by atoms with E-state index in [0.29, 0.717) is 6.42 Å². The second kappa shape index (κ2) is 4.79. The second-order valence-corrected chi connectivity index (χ2v) is 6.34. The lowest BCUT2D eigenvalue weighted by Gasteiger charge is -2.45. The molecule has 0 aromatic rings. The maximum Gasteiger partial charge on any atom is 0.389 e. The van der Waals surface area contributed by atoms with E-state index in [2.05, 4.69) is 13.8 Å². The van der Waals surface area contributed by atoms with Gasteiger partial charge in [0.25, 0.3) is 0 Å². The van der Waals surface area contributed by atoms with Crippen LogP contribution in [-0.2, 0) is 0 Å². The van der Waals surface area contributed by atoms with Crippen LogP contribution in [0.25, 0.3) is 0 Å². The zero-order valence-electron chi connectivity index (χ0n) is 10.9. The van der Waals surface area contributed by atoms with Gasteiger partial charge < -0.3 is 5.11 Å². The molecule has 0 amide bonds. The van der Waals surface area contributed by atoms with Gasteiger partial charge in [-0.1, -0.05) is 20.8 Å². The third-order valence-electron chi connectivity index (χ3n) is 4.08. The molecule has 1 N–H and O–H groups in total. The summed E-state index contributed by atoms with van der Waals surface area (Å²) in [6.45, 7) is 6.26. The molecular weight excluding hydrogens is 229 g/mol. The van der Waals surface area contributed by atoms with Crippen LogP contribution in [0.1, 0.15) is 59.3 Å². The number of aliphatic hydroxyl groups is 1. The van der Waals surface area contributed by atoms with Crippen LogP contribution in [0.5, 0.6) is 0 Å². The van der Waals surface area contributed by atoms with Crippen molar-refractivity contribution in [1.29, 1.82) is 0 Å². The van der Waals surface area contributed by atoms with E-state index in [1.165, 1.54) is 0 Å². The fourth-order valence-corrected chi connectivity index (χ4v) is 2.89. The van der Waals surface area contributed by atoms with E-state index in [-0.39, 0.29) is 24.2 Å². The fraction of sp³-hybridized carbons (Fsp3) is 1.00. The quantitative estimate of drug-likeness (QED) is 0.794. The molecule has 2 atom stereocenters. The lowest BCUT2D eigenvalue weighted by Crippen LogP contribution is -2.44. The average molecular weight is 252 g/mol. The first-order valence-corrected chi connectivity index (χ1v) is 6.33. The molecule has 0 radical (unpaired) electrons. The van der Waals surface area contributed by atoms with Gasteiger partial charge in [-0.2, -0.15) is 13.2 Å². The average Bonchev–Trinajstić information content (AvgIpc) is 2.10. The van der Waals surface area contributed by atoms with Gasteiger partial charge in [-0.05, 0) is 43.4 Å². The molecule has 0 saturated heterocycles. The summed E-state index contributed by atoms with van der Waals surface area (Å²) in [6, 6.07) is 0. The van der Waals surface area contributed by atoms with E-state index in [4.69, 9.17) is 0 Å². The molecule has 0 aliphatic heterocycles. The molecule has 1 fully saturated rings. The van der Waals surface area contributed by atoms with Crippen molar-refractivity contribution in [3.8, 4) is 0 Å². The zero-order valence-corrected chi connectivity index (χ0v) is 10.9. The molecule has 17 heavy (non-hydrogen) atoms. The second-order valence-electron chi connectivity index (χ2n) is 6.34. The van der Waals surface area contributed by atoms with Crippen LogP contribution in [0.4, 0.5) is 13.2 Å². The largest absolute Gasteiger partial charge is 0.390 e. The number of hydrogen-bond donors (Lipinski definition) is 1. The van der Waals surface area contributed by atoms with Crippen molar-refractivity contribution in [3.05, 3.63) is 0 Å². The molecule has 0 bridgehead atoms. The third kappa shape index (κ3) is 4.49. The number of hydrogen-bond acceptors (Lipinski definition) is 1. The van der Waals surface area contributed by atoms with Crippen molar-refractivity contribution < 1.29 is 18.3 Å². The minimum Gasteiger partial charge on any atom is -0.390 e. The highest BCUT2D eigenvalue weighted by Gasteiger charge is 2.42. The van der Waals surface area contributed by atoms with Gasteiger partial charge in [0.1, 0.15) is 0 Å². The molecule has 0 heterocycles. The first-order chi connectivity index (χ1) is 7.54. The van der Waals surface area contributed by atoms with Gasteiger partial charge in [-0.15, -0.1) is 0 Å². The summed E-state index contributed by atoms with van der Waals surface area (Å²) < 4.78 is 36.2. The van der Waals surface area contributed by atoms with E-state index in [1.807, 2.05) is 6.92 Å². The lowest BCUT2D eigenvalue weighted by molar-refractivity contribution is -0.141. The summed E-state index contributed by atoms with van der Waals surface area (Å²) >= 11 is 0. The highest BCUT2D eigenvalue weighted by atomic mass is 19.4. The molecule has 1 nitrogen and oxygen atoms in total. The van der Waals surface area contributed by atoms with Gasteiger partial charge in [-0.3, -0.25) is 0 Å². The van der Waals surface area contributed by atoms with Gasteiger partial charge in [-0.25, -0.2) is 0 Å². The highest BCUT2D eigenvalue weighted by Crippen LogP contribution is 2.46. The Labute approximate surface area is 101 Å². The molecular formula is C13H23F3O. The first kappa shape index (κ1) is 14.8. The zero-order chi connectivity index (χ0) is 13.3. The number of alkyl halides is 3. The van der Waals surface area contributed by atoms with E-state index in [9.17, 15) is 18.3 Å². The van der Waals surface area contributed by atoms with Crippen LogP contribution in [0.3, 0.4) is 0 Å². The van der Waals surface area contributed by atoms with Crippen molar-refractivity contribution in [2.75, 3.05) is 0 Å². The Balaban J connectivity index is 2.47. The summed E-state index contributed by atoms with van der Waals surface area (Å²) in [4.78, 5) is 0. The van der Waals surface area contributed by atoms with Gasteiger partial charge >= 0.3 is 6.18 Å². The van der Waals surface area contributed by atoms with Gasteiger partial charge in [0.15, 0.2) is 0 Å². The Kier molecular flexibility index (Phi) is 4.17. The smallest absolute Gasteiger partial charge is 0.389 e. The predicted octanol–water partition coefficient (Wildman–Crippen LogP) is 4.30. The Morgan fingerprint density at radius 2 is 1.82 bits per heavy atom. The Hall–Kier alpha value is -0.250. The van der Waals surface area contributed by atoms with E-state index < -0.39 is 18.2 Å². The predicted molar refractivity (Wildman–Crippen MR) is 61.7 cm³/mol. The molecule has 1 aliphatic carbocycles. The molecule has 4 heteroatoms. The first-order valence-electron chi connectivity index (χ1n) is 6.33. The minimum absolute atomic E-state index is 0.0325. The maximum absolute atomic E-state index is 12.1. The number of halogens is 3. The van der Waals surface area contributed by atoms with Crippen LogP contribution < -0.4 is 0 Å². The normalized spacial score (nSPS) is 33.7. The minimum atomic E-state index is -4.10. The van der Waals surface area contributed by atoms with Crippen molar-refractivity contribution in [1.82, 2.24) is 0 Å². The molecule has 1 rings (SSSR count). The van der Waals surface area contributed by atoms with Gasteiger partial charge in [0.05, 0.1) is 5.60 Å². The summed E-state index contributed by atoms with van der Waals surface area (Å²) in [6.07, 6.45) is -2.19. The standard InChI is InChI=1S/C13H23F3O/c1-10-9-11(2,3)7-8-12(10,17)5-4-6-13(14,15)16/h10,17H,4-9H2,1-3H3. The molecule has 2 unspecified atom stereocenters. The summed E-state index contributed by atoms with van der Waals surface area (Å²) in [5.74, 6) is 0.0829. The van der Waals surface area contributed by atoms with E-state index in [1.54, 1.807) is 0 Å². The number of rotatable bonds is 3. The molecule has 102 valence electrons. The topological polar surface area (TPSA) is 20.2 Å². The van der Waals surface area contributed by atoms with E-state index >= 15 is 0 Å². The van der Waals surface area contributed by atoms with Crippen LogP contribution in [0.15, 0.2) is 0 Å². The molecule has 1 saturated carbocycles. The van der Waals surface area contributed by atoms with Crippen LogP contribution in [0.2, 0.25) is 0 Å². The van der Waals surface area contributed by atoms with Crippen molar-refractivity contribution in [2.45, 2.75) is 71.1 Å². The Bertz CT molecular complexity index is 260. The SMILES string of the molecule is CC1CC(C)(C)CCC1(O)CCCC(F)(F)F. The summed E-state index contributed by atoms with van der Waals surface area (Å²) in [5.41, 5.74) is -0.684.